The summed E-state index contributed by atoms with van der Waals surface area (Å²) >= 11 is 0. The summed E-state index contributed by atoms with van der Waals surface area (Å²) in [5.74, 6) is 0.967. The summed E-state index contributed by atoms with van der Waals surface area (Å²) < 4.78 is 1.97. The van der Waals surface area contributed by atoms with Gasteiger partial charge in [-0.25, -0.2) is 4.98 Å². The lowest BCUT2D eigenvalue weighted by Crippen LogP contribution is -2.22. The molecule has 1 aromatic heterocycles. The van der Waals surface area contributed by atoms with Gasteiger partial charge in [0.25, 0.3) is 0 Å². The van der Waals surface area contributed by atoms with Crippen molar-refractivity contribution in [3.05, 3.63) is 54.1 Å². The van der Waals surface area contributed by atoms with E-state index in [-0.39, 0.29) is 6.04 Å². The average molecular weight is 240 g/mol. The van der Waals surface area contributed by atoms with Crippen molar-refractivity contribution in [2.24, 2.45) is 7.05 Å². The highest BCUT2D eigenvalue weighted by Crippen LogP contribution is 2.16. The number of nitriles is 1. The van der Waals surface area contributed by atoms with Gasteiger partial charge in [0.05, 0.1) is 19.0 Å². The van der Waals surface area contributed by atoms with Crippen LogP contribution in [0.1, 0.15) is 23.9 Å². The number of aromatic nitrogens is 2. The van der Waals surface area contributed by atoms with Gasteiger partial charge in [-0.15, -0.1) is 0 Å². The monoisotopic (exact) mass is 240 g/mol. The van der Waals surface area contributed by atoms with E-state index in [2.05, 4.69) is 16.4 Å². The minimum absolute atomic E-state index is 0.0490. The van der Waals surface area contributed by atoms with Gasteiger partial charge in [-0.2, -0.15) is 5.26 Å². The molecular formula is C14H16N4. The molecule has 2 aromatic rings. The van der Waals surface area contributed by atoms with Gasteiger partial charge in [0.2, 0.25) is 0 Å². The topological polar surface area (TPSA) is 53.6 Å². The Bertz CT molecular complexity index is 524. The van der Waals surface area contributed by atoms with Crippen LogP contribution in [0.15, 0.2) is 42.7 Å². The highest BCUT2D eigenvalue weighted by molar-refractivity contribution is 5.20. The van der Waals surface area contributed by atoms with Gasteiger partial charge in [-0.3, -0.25) is 0 Å². The van der Waals surface area contributed by atoms with Gasteiger partial charge in [0.15, 0.2) is 0 Å². The average Bonchev–Trinajstić information content (AvgIpc) is 2.81. The van der Waals surface area contributed by atoms with Gasteiger partial charge in [-0.1, -0.05) is 30.3 Å². The Morgan fingerprint density at radius 1 is 1.39 bits per heavy atom. The normalized spacial score (nSPS) is 12.0. The Kier molecular flexibility index (Phi) is 4.11. The molecule has 2 rings (SSSR count). The molecule has 1 N–H and O–H groups in total. The molecule has 1 heterocycles. The summed E-state index contributed by atoms with van der Waals surface area (Å²) in [7, 11) is 1.96. The maximum Gasteiger partial charge on any atom is 0.122 e. The molecule has 0 aliphatic carbocycles. The fraction of sp³-hybridized carbons (Fsp3) is 0.286. The summed E-state index contributed by atoms with van der Waals surface area (Å²) in [6.07, 6.45) is 4.14. The molecule has 1 aromatic carbocycles. The molecule has 4 heteroatoms. The first kappa shape index (κ1) is 12.3. The molecule has 4 nitrogen and oxygen atoms in total. The molecule has 0 saturated carbocycles. The first-order valence-electron chi connectivity index (χ1n) is 5.92. The number of hydrogen-bond acceptors (Lipinski definition) is 3. The van der Waals surface area contributed by atoms with E-state index in [1.165, 1.54) is 0 Å². The van der Waals surface area contributed by atoms with Crippen molar-refractivity contribution in [3.63, 3.8) is 0 Å². The van der Waals surface area contributed by atoms with Crippen LogP contribution in [0.25, 0.3) is 0 Å². The van der Waals surface area contributed by atoms with Crippen LogP contribution >= 0.6 is 0 Å². The minimum atomic E-state index is 0.0490. The predicted molar refractivity (Wildman–Crippen MR) is 69.5 cm³/mol. The van der Waals surface area contributed by atoms with Gasteiger partial charge in [0.1, 0.15) is 5.82 Å². The Labute approximate surface area is 107 Å². The molecule has 1 atom stereocenters. The van der Waals surface area contributed by atoms with E-state index in [1.54, 1.807) is 6.20 Å². The van der Waals surface area contributed by atoms with E-state index >= 15 is 0 Å². The van der Waals surface area contributed by atoms with Crippen LogP contribution in [0.4, 0.5) is 0 Å². The van der Waals surface area contributed by atoms with E-state index in [0.29, 0.717) is 13.0 Å². The molecule has 0 aliphatic heterocycles. The fourth-order valence-electron chi connectivity index (χ4n) is 1.87. The lowest BCUT2D eigenvalue weighted by molar-refractivity contribution is 0.522. The number of imidazole rings is 1. The molecule has 92 valence electrons. The summed E-state index contributed by atoms with van der Waals surface area (Å²) in [5.41, 5.74) is 1.13. The first-order chi connectivity index (χ1) is 8.81. The summed E-state index contributed by atoms with van der Waals surface area (Å²) in [6, 6.07) is 12.3. The molecular weight excluding hydrogens is 224 g/mol. The Morgan fingerprint density at radius 2 is 2.17 bits per heavy atom. The number of hydrogen-bond donors (Lipinski definition) is 1. The van der Waals surface area contributed by atoms with Gasteiger partial charge in [0, 0.05) is 25.5 Å². The second-order valence-electron chi connectivity index (χ2n) is 4.16. The Balaban J connectivity index is 2.04. The third-order valence-electron chi connectivity index (χ3n) is 2.92. The summed E-state index contributed by atoms with van der Waals surface area (Å²) in [6.45, 7) is 0.657. The van der Waals surface area contributed by atoms with Crippen LogP contribution in [-0.4, -0.2) is 9.55 Å². The molecule has 0 spiro atoms. The van der Waals surface area contributed by atoms with Gasteiger partial charge < -0.3 is 9.88 Å². The standard InChI is InChI=1S/C14H16N4/c1-18-10-9-16-14(18)11-17-13(7-8-15)12-5-3-2-4-6-12/h2-6,9-10,13,17H,7,11H2,1H3. The van der Waals surface area contributed by atoms with Crippen molar-refractivity contribution < 1.29 is 0 Å². The molecule has 18 heavy (non-hydrogen) atoms. The molecule has 0 fully saturated rings. The Hall–Kier alpha value is -2.12. The van der Waals surface area contributed by atoms with Crippen LogP contribution < -0.4 is 5.32 Å². The van der Waals surface area contributed by atoms with Crippen molar-refractivity contribution in [1.82, 2.24) is 14.9 Å². The third kappa shape index (κ3) is 2.96. The van der Waals surface area contributed by atoms with Crippen LogP contribution in [0.2, 0.25) is 0 Å². The maximum atomic E-state index is 8.90. The molecule has 0 amide bonds. The number of nitrogens with zero attached hydrogens (tertiary/aromatic N) is 3. The summed E-state index contributed by atoms with van der Waals surface area (Å²) in [4.78, 5) is 4.26. The van der Waals surface area contributed by atoms with E-state index < -0.39 is 0 Å². The van der Waals surface area contributed by atoms with Crippen LogP contribution in [-0.2, 0) is 13.6 Å². The largest absolute Gasteiger partial charge is 0.337 e. The van der Waals surface area contributed by atoms with Crippen molar-refractivity contribution in [2.75, 3.05) is 0 Å². The zero-order valence-electron chi connectivity index (χ0n) is 10.4. The highest BCUT2D eigenvalue weighted by Gasteiger charge is 2.11. The number of benzene rings is 1. The fourth-order valence-corrected chi connectivity index (χ4v) is 1.87. The molecule has 0 bridgehead atoms. The van der Waals surface area contributed by atoms with Crippen molar-refractivity contribution in [2.45, 2.75) is 19.0 Å². The van der Waals surface area contributed by atoms with Crippen molar-refractivity contribution in [1.29, 1.82) is 5.26 Å². The van der Waals surface area contributed by atoms with E-state index in [4.69, 9.17) is 5.26 Å². The van der Waals surface area contributed by atoms with Crippen LogP contribution in [0, 0.1) is 11.3 Å². The molecule has 1 unspecified atom stereocenters. The number of aryl methyl sites for hydroxylation is 1. The zero-order chi connectivity index (χ0) is 12.8. The Morgan fingerprint density at radius 3 is 2.78 bits per heavy atom. The lowest BCUT2D eigenvalue weighted by Gasteiger charge is -2.16. The highest BCUT2D eigenvalue weighted by atomic mass is 15.1. The predicted octanol–water partition coefficient (Wildman–Crippen LogP) is 2.16. The van der Waals surface area contributed by atoms with Crippen molar-refractivity contribution >= 4 is 0 Å². The number of rotatable bonds is 5. The maximum absolute atomic E-state index is 8.90. The minimum Gasteiger partial charge on any atom is -0.337 e. The molecule has 0 saturated heterocycles. The summed E-state index contributed by atoms with van der Waals surface area (Å²) in [5, 5.41) is 12.3. The lowest BCUT2D eigenvalue weighted by atomic mass is 10.0. The quantitative estimate of drug-likeness (QED) is 0.871. The van der Waals surface area contributed by atoms with Crippen molar-refractivity contribution in [3.8, 4) is 6.07 Å². The number of nitrogens with one attached hydrogen (secondary N) is 1. The van der Waals surface area contributed by atoms with Crippen LogP contribution in [0.3, 0.4) is 0 Å². The van der Waals surface area contributed by atoms with Gasteiger partial charge >= 0.3 is 0 Å². The van der Waals surface area contributed by atoms with Gasteiger partial charge in [-0.05, 0) is 5.56 Å². The third-order valence-corrected chi connectivity index (χ3v) is 2.92. The van der Waals surface area contributed by atoms with E-state index in [0.717, 1.165) is 11.4 Å². The second-order valence-corrected chi connectivity index (χ2v) is 4.16. The molecule has 0 aliphatic rings. The van der Waals surface area contributed by atoms with E-state index in [1.807, 2.05) is 48.1 Å². The zero-order valence-corrected chi connectivity index (χ0v) is 10.4. The second kappa shape index (κ2) is 5.99. The van der Waals surface area contributed by atoms with Crippen LogP contribution in [0.5, 0.6) is 0 Å². The van der Waals surface area contributed by atoms with E-state index in [9.17, 15) is 0 Å². The smallest absolute Gasteiger partial charge is 0.122 e. The first-order valence-corrected chi connectivity index (χ1v) is 5.92. The SMILES string of the molecule is Cn1ccnc1CNC(CC#N)c1ccccc1. The molecule has 0 radical (unpaired) electrons.